The largest absolute Gasteiger partial charge is 0.300 e. The molecule has 0 saturated carbocycles. The van der Waals surface area contributed by atoms with Crippen molar-refractivity contribution in [2.75, 3.05) is 20.9 Å². The van der Waals surface area contributed by atoms with Crippen molar-refractivity contribution < 1.29 is 9.68 Å². The van der Waals surface area contributed by atoms with E-state index >= 15 is 0 Å². The van der Waals surface area contributed by atoms with E-state index in [4.69, 9.17) is 0 Å². The molecule has 0 spiro atoms. The van der Waals surface area contributed by atoms with Crippen LogP contribution in [0.4, 0.5) is 0 Å². The number of hydrogen-bond acceptors (Lipinski definition) is 4. The first-order valence-corrected chi connectivity index (χ1v) is 1.88. The van der Waals surface area contributed by atoms with Crippen LogP contribution in [0, 0.1) is 0 Å². The number of hydroxylamine groups is 2. The standard InChI is InChI=1S/C3H10N2O2/c1-5(6-2)3-7-4/h3-4H2,1-2H3. The summed E-state index contributed by atoms with van der Waals surface area (Å²) in [7, 11) is 3.26. The van der Waals surface area contributed by atoms with Crippen LogP contribution in [-0.4, -0.2) is 26.0 Å². The second-order valence-electron chi connectivity index (χ2n) is 1.11. The summed E-state index contributed by atoms with van der Waals surface area (Å²) < 4.78 is 0. The summed E-state index contributed by atoms with van der Waals surface area (Å²) in [6, 6.07) is 0. The van der Waals surface area contributed by atoms with Gasteiger partial charge in [-0.05, 0) is 0 Å². The van der Waals surface area contributed by atoms with Crippen LogP contribution in [0.3, 0.4) is 0 Å². The van der Waals surface area contributed by atoms with E-state index in [-0.39, 0.29) is 6.73 Å². The molecule has 44 valence electrons. The fourth-order valence-corrected chi connectivity index (χ4v) is 0.158. The summed E-state index contributed by atoms with van der Waals surface area (Å²) >= 11 is 0. The molecule has 0 unspecified atom stereocenters. The Hall–Kier alpha value is -0.160. The number of nitrogens with two attached hydrogens (primary N) is 1. The lowest BCUT2D eigenvalue weighted by molar-refractivity contribution is -0.170. The molecule has 0 aliphatic heterocycles. The highest BCUT2D eigenvalue weighted by Gasteiger charge is 1.88. The Morgan fingerprint density at radius 1 is 1.71 bits per heavy atom. The fourth-order valence-electron chi connectivity index (χ4n) is 0.158. The molecule has 4 heteroatoms. The van der Waals surface area contributed by atoms with Gasteiger partial charge in [0.25, 0.3) is 0 Å². The van der Waals surface area contributed by atoms with Gasteiger partial charge in [0.05, 0.1) is 7.11 Å². The van der Waals surface area contributed by atoms with Crippen LogP contribution in [0.15, 0.2) is 0 Å². The molecule has 0 amide bonds. The second kappa shape index (κ2) is 4.01. The van der Waals surface area contributed by atoms with Crippen molar-refractivity contribution in [3.8, 4) is 0 Å². The lowest BCUT2D eigenvalue weighted by Gasteiger charge is -2.09. The molecule has 7 heavy (non-hydrogen) atoms. The SMILES string of the molecule is CON(C)CON. The van der Waals surface area contributed by atoms with Gasteiger partial charge >= 0.3 is 0 Å². The Morgan fingerprint density at radius 3 is 2.43 bits per heavy atom. The Kier molecular flexibility index (Phi) is 3.92. The molecule has 0 atom stereocenters. The quantitative estimate of drug-likeness (QED) is 0.383. The third-order valence-electron chi connectivity index (χ3n) is 0.568. The van der Waals surface area contributed by atoms with E-state index in [1.165, 1.54) is 5.06 Å². The van der Waals surface area contributed by atoms with Crippen molar-refractivity contribution in [2.24, 2.45) is 5.90 Å². The van der Waals surface area contributed by atoms with Crippen molar-refractivity contribution in [1.29, 1.82) is 0 Å². The van der Waals surface area contributed by atoms with Crippen LogP contribution in [-0.2, 0) is 9.68 Å². The highest BCUT2D eigenvalue weighted by Crippen LogP contribution is 1.75. The van der Waals surface area contributed by atoms with Gasteiger partial charge in [-0.3, -0.25) is 4.84 Å². The van der Waals surface area contributed by atoms with Crippen LogP contribution in [0.1, 0.15) is 0 Å². The molecule has 0 aromatic rings. The van der Waals surface area contributed by atoms with Gasteiger partial charge in [-0.25, -0.2) is 5.90 Å². The zero-order chi connectivity index (χ0) is 5.70. The van der Waals surface area contributed by atoms with Gasteiger partial charge in [0, 0.05) is 7.05 Å². The Morgan fingerprint density at radius 2 is 2.29 bits per heavy atom. The maximum Gasteiger partial charge on any atom is 0.143 e. The van der Waals surface area contributed by atoms with Crippen LogP contribution < -0.4 is 5.90 Å². The Labute approximate surface area is 42.7 Å². The number of nitrogens with zero attached hydrogens (tertiary/aromatic N) is 1. The predicted octanol–water partition coefficient (Wildman–Crippen LogP) is -0.673. The van der Waals surface area contributed by atoms with Crippen LogP contribution in [0.5, 0.6) is 0 Å². The molecule has 0 aromatic carbocycles. The first-order chi connectivity index (χ1) is 3.31. The smallest absolute Gasteiger partial charge is 0.143 e. The molecule has 0 aromatic heterocycles. The van der Waals surface area contributed by atoms with Crippen molar-refractivity contribution in [3.63, 3.8) is 0 Å². The van der Waals surface area contributed by atoms with Crippen LogP contribution in [0.2, 0.25) is 0 Å². The molecule has 0 aliphatic carbocycles. The summed E-state index contributed by atoms with van der Waals surface area (Å²) in [6.07, 6.45) is 0. The van der Waals surface area contributed by atoms with E-state index in [0.717, 1.165) is 0 Å². The number of rotatable bonds is 3. The van der Waals surface area contributed by atoms with E-state index in [1.807, 2.05) is 0 Å². The van der Waals surface area contributed by atoms with E-state index in [9.17, 15) is 0 Å². The predicted molar refractivity (Wildman–Crippen MR) is 24.9 cm³/mol. The van der Waals surface area contributed by atoms with Gasteiger partial charge in [-0.15, -0.1) is 0 Å². The zero-order valence-corrected chi connectivity index (χ0v) is 4.55. The molecular weight excluding hydrogens is 96.0 g/mol. The molecule has 0 aliphatic rings. The lowest BCUT2D eigenvalue weighted by Crippen LogP contribution is -2.22. The average molecular weight is 106 g/mol. The molecule has 4 nitrogen and oxygen atoms in total. The first-order valence-electron chi connectivity index (χ1n) is 1.88. The van der Waals surface area contributed by atoms with Crippen molar-refractivity contribution in [3.05, 3.63) is 0 Å². The molecule has 0 bridgehead atoms. The second-order valence-corrected chi connectivity index (χ2v) is 1.11. The van der Waals surface area contributed by atoms with Gasteiger partial charge < -0.3 is 4.84 Å². The maximum absolute atomic E-state index is 4.68. The van der Waals surface area contributed by atoms with Crippen LogP contribution in [0.25, 0.3) is 0 Å². The molecule has 0 radical (unpaired) electrons. The third kappa shape index (κ3) is 3.68. The monoisotopic (exact) mass is 106 g/mol. The van der Waals surface area contributed by atoms with Crippen molar-refractivity contribution in [2.45, 2.75) is 0 Å². The molecule has 0 saturated heterocycles. The van der Waals surface area contributed by atoms with Gasteiger partial charge in [0.1, 0.15) is 6.73 Å². The topological polar surface area (TPSA) is 47.7 Å². The highest BCUT2D eigenvalue weighted by molar-refractivity contribution is 4.10. The minimum absolute atomic E-state index is 0.288. The molecule has 2 N–H and O–H groups in total. The van der Waals surface area contributed by atoms with E-state index in [0.29, 0.717) is 0 Å². The third-order valence-corrected chi connectivity index (χ3v) is 0.568. The normalized spacial score (nSPS) is 10.3. The minimum atomic E-state index is 0.288. The molecule has 0 fully saturated rings. The maximum atomic E-state index is 4.68. The highest BCUT2D eigenvalue weighted by atomic mass is 16.7. The molecule has 0 heterocycles. The number of hydrogen-bond donors (Lipinski definition) is 1. The summed E-state index contributed by atoms with van der Waals surface area (Å²) in [5.74, 6) is 4.68. The van der Waals surface area contributed by atoms with E-state index in [2.05, 4.69) is 15.6 Å². The summed E-state index contributed by atoms with van der Waals surface area (Å²) in [4.78, 5) is 8.81. The summed E-state index contributed by atoms with van der Waals surface area (Å²) in [6.45, 7) is 0.288. The first kappa shape index (κ1) is 6.84. The zero-order valence-electron chi connectivity index (χ0n) is 4.55. The Bertz CT molecular complexity index is 41.9. The van der Waals surface area contributed by atoms with Gasteiger partial charge in [0.15, 0.2) is 0 Å². The minimum Gasteiger partial charge on any atom is -0.300 e. The van der Waals surface area contributed by atoms with Crippen LogP contribution >= 0.6 is 0 Å². The van der Waals surface area contributed by atoms with Gasteiger partial charge in [-0.1, -0.05) is 0 Å². The summed E-state index contributed by atoms with van der Waals surface area (Å²) in [5.41, 5.74) is 0. The van der Waals surface area contributed by atoms with Crippen molar-refractivity contribution >= 4 is 0 Å². The average Bonchev–Trinajstić information content (AvgIpc) is 1.68. The summed E-state index contributed by atoms with van der Waals surface area (Å²) in [5, 5.41) is 1.46. The van der Waals surface area contributed by atoms with E-state index in [1.54, 1.807) is 14.2 Å². The molecular formula is C3H10N2O2. The Balaban J connectivity index is 2.83. The van der Waals surface area contributed by atoms with Gasteiger partial charge in [-0.2, -0.15) is 5.06 Å². The van der Waals surface area contributed by atoms with Gasteiger partial charge in [0.2, 0.25) is 0 Å². The van der Waals surface area contributed by atoms with Crippen molar-refractivity contribution in [1.82, 2.24) is 5.06 Å². The lowest BCUT2D eigenvalue weighted by atomic mass is 11.1. The fraction of sp³-hybridized carbons (Fsp3) is 1.00. The molecule has 0 rings (SSSR count). The van der Waals surface area contributed by atoms with E-state index < -0.39 is 0 Å².